The summed E-state index contributed by atoms with van der Waals surface area (Å²) in [7, 11) is -4.30. The van der Waals surface area contributed by atoms with Crippen molar-refractivity contribution in [2.24, 2.45) is 0 Å². The van der Waals surface area contributed by atoms with Crippen LogP contribution in [0.25, 0.3) is 10.8 Å². The van der Waals surface area contributed by atoms with E-state index in [1.807, 2.05) is 70.9 Å². The number of anilines is 1. The van der Waals surface area contributed by atoms with Crippen molar-refractivity contribution in [2.75, 3.05) is 30.8 Å². The van der Waals surface area contributed by atoms with Crippen LogP contribution in [-0.4, -0.2) is 50.9 Å². The summed E-state index contributed by atoms with van der Waals surface area (Å²) in [5.41, 5.74) is 4.01. The highest BCUT2D eigenvalue weighted by atomic mass is 32.2. The molecule has 1 aromatic heterocycles. The molecule has 4 aromatic carbocycles. The van der Waals surface area contributed by atoms with Crippen LogP contribution in [0.4, 0.5) is 17.1 Å². The maximum absolute atomic E-state index is 12.1. The summed E-state index contributed by atoms with van der Waals surface area (Å²) in [4.78, 5) is 34.5. The molecule has 5 aromatic rings. The van der Waals surface area contributed by atoms with Crippen molar-refractivity contribution in [3.05, 3.63) is 134 Å². The van der Waals surface area contributed by atoms with E-state index in [0.29, 0.717) is 19.6 Å². The maximum atomic E-state index is 12.1. The van der Waals surface area contributed by atoms with E-state index in [9.17, 15) is 24.5 Å². The number of ether oxygens (including phenoxy) is 1. The van der Waals surface area contributed by atoms with Gasteiger partial charge in [0.2, 0.25) is 5.69 Å². The molecule has 0 fully saturated rings. The van der Waals surface area contributed by atoms with Crippen LogP contribution < -0.4 is 9.64 Å². The van der Waals surface area contributed by atoms with E-state index in [1.54, 1.807) is 35.2 Å². The number of benzene rings is 4. The zero-order valence-electron chi connectivity index (χ0n) is 26.1. The lowest BCUT2D eigenvalue weighted by Crippen LogP contribution is -2.35. The highest BCUT2D eigenvalue weighted by Crippen LogP contribution is 2.52. The lowest BCUT2D eigenvalue weighted by atomic mass is 9.75. The number of thioether (sulfide) groups is 1. The molecule has 12 heteroatoms. The first kappa shape index (κ1) is 32.3. The van der Waals surface area contributed by atoms with Gasteiger partial charge in [0.15, 0.2) is 12.3 Å². The third kappa shape index (κ3) is 6.32. The molecule has 1 unspecified atom stereocenters. The van der Waals surface area contributed by atoms with Crippen LogP contribution >= 0.6 is 30.7 Å². The summed E-state index contributed by atoms with van der Waals surface area (Å²) in [5.74, 6) is 0.749. The summed E-state index contributed by atoms with van der Waals surface area (Å²) in [5, 5.41) is 19.1. The van der Waals surface area contributed by atoms with E-state index < -0.39 is 13.0 Å². The number of nitro benzene ring substituents is 1. The Morgan fingerprint density at radius 3 is 2.58 bits per heavy atom. The normalized spacial score (nSPS) is 18.1. The van der Waals surface area contributed by atoms with E-state index in [0.717, 1.165) is 54.7 Å². The average molecular weight is 699 g/mol. The summed E-state index contributed by atoms with van der Waals surface area (Å²) in [6.07, 6.45) is 2.41. The van der Waals surface area contributed by atoms with Crippen molar-refractivity contribution in [2.45, 2.75) is 23.7 Å². The second-order valence-corrected chi connectivity index (χ2v) is 15.6. The fourth-order valence-corrected chi connectivity index (χ4v) is 9.02. The quantitative estimate of drug-likeness (QED) is 0.0615. The number of rotatable bonds is 11. The Bertz CT molecular complexity index is 2130. The van der Waals surface area contributed by atoms with Crippen molar-refractivity contribution in [1.82, 2.24) is 0 Å². The third-order valence-electron chi connectivity index (χ3n) is 8.89. The van der Waals surface area contributed by atoms with Gasteiger partial charge in [0.1, 0.15) is 12.4 Å². The molecular weight excluding hydrogens is 666 g/mol. The SMILES string of the molecule is CC1(Cc2ccsc2)C(/C=C2\Sc3c(ccc4ccccc34)N2CCP(=O)(O)O)=[N+](CCOc2ccccc2)c2ccc([N+](=O)[O-])cc21. The first-order valence-corrected chi connectivity index (χ1v) is 19.0. The highest BCUT2D eigenvalue weighted by Gasteiger charge is 2.49. The molecule has 0 spiro atoms. The number of non-ortho nitro benzene ring substituents is 1. The van der Waals surface area contributed by atoms with E-state index in [2.05, 4.69) is 41.2 Å². The predicted molar refractivity (Wildman–Crippen MR) is 192 cm³/mol. The van der Waals surface area contributed by atoms with Crippen molar-refractivity contribution in [3.63, 3.8) is 0 Å². The first-order chi connectivity index (χ1) is 23.1. The summed E-state index contributed by atoms with van der Waals surface area (Å²) in [6.45, 7) is 3.08. The van der Waals surface area contributed by atoms with Gasteiger partial charge >= 0.3 is 7.60 Å². The topological polar surface area (TPSA) is 116 Å². The van der Waals surface area contributed by atoms with Gasteiger partial charge in [0.05, 0.1) is 27.2 Å². The number of hydrogen-bond acceptors (Lipinski definition) is 7. The Morgan fingerprint density at radius 2 is 1.83 bits per heavy atom. The van der Waals surface area contributed by atoms with Crippen molar-refractivity contribution < 1.29 is 28.6 Å². The second-order valence-electron chi connectivity index (χ2n) is 12.1. The van der Waals surface area contributed by atoms with Gasteiger partial charge in [-0.05, 0) is 64.7 Å². The molecule has 244 valence electrons. The van der Waals surface area contributed by atoms with Crippen molar-refractivity contribution in [1.29, 1.82) is 0 Å². The Labute approximate surface area is 286 Å². The molecule has 0 saturated carbocycles. The Morgan fingerprint density at radius 1 is 1.04 bits per heavy atom. The monoisotopic (exact) mass is 698 g/mol. The molecule has 0 aliphatic carbocycles. The summed E-state index contributed by atoms with van der Waals surface area (Å²) in [6, 6.07) is 28.9. The first-order valence-electron chi connectivity index (χ1n) is 15.5. The lowest BCUT2D eigenvalue weighted by molar-refractivity contribution is -0.440. The zero-order chi connectivity index (χ0) is 33.5. The number of nitrogens with zero attached hydrogens (tertiary/aromatic N) is 3. The van der Waals surface area contributed by atoms with E-state index in [4.69, 9.17) is 4.74 Å². The zero-order valence-corrected chi connectivity index (χ0v) is 28.6. The number of fused-ring (bicyclic) bond motifs is 4. The number of hydrogen-bond donors (Lipinski definition) is 2. The average Bonchev–Trinajstić information content (AvgIpc) is 3.77. The Balaban J connectivity index is 1.39. The largest absolute Gasteiger partial charge is 0.487 e. The van der Waals surface area contributed by atoms with Crippen LogP contribution in [0.2, 0.25) is 0 Å². The molecule has 0 amide bonds. The number of para-hydroxylation sites is 1. The van der Waals surface area contributed by atoms with E-state index in [-0.39, 0.29) is 23.3 Å². The van der Waals surface area contributed by atoms with Gasteiger partial charge < -0.3 is 19.4 Å². The highest BCUT2D eigenvalue weighted by molar-refractivity contribution is 8.04. The maximum Gasteiger partial charge on any atom is 0.327 e. The summed E-state index contributed by atoms with van der Waals surface area (Å²) >= 11 is 3.19. The minimum Gasteiger partial charge on any atom is -0.487 e. The number of allylic oxidation sites excluding steroid dienone is 1. The van der Waals surface area contributed by atoms with E-state index >= 15 is 0 Å². The smallest absolute Gasteiger partial charge is 0.327 e. The van der Waals surface area contributed by atoms with Gasteiger partial charge in [-0.2, -0.15) is 15.9 Å². The second kappa shape index (κ2) is 13.0. The molecule has 2 N–H and O–H groups in total. The fourth-order valence-electron chi connectivity index (χ4n) is 6.63. The molecular formula is C36H33N3O6PS2+. The molecule has 9 nitrogen and oxygen atoms in total. The molecule has 0 bridgehead atoms. The van der Waals surface area contributed by atoms with Crippen molar-refractivity contribution >= 4 is 64.2 Å². The minimum absolute atomic E-state index is 0.0251. The van der Waals surface area contributed by atoms with Crippen LogP contribution in [0.15, 0.2) is 118 Å². The van der Waals surface area contributed by atoms with Crippen LogP contribution in [0.5, 0.6) is 5.75 Å². The molecule has 2 aliphatic heterocycles. The molecule has 1 atom stereocenters. The molecule has 7 rings (SSSR count). The van der Waals surface area contributed by atoms with E-state index in [1.165, 1.54) is 0 Å². The predicted octanol–water partition coefficient (Wildman–Crippen LogP) is 8.12. The molecule has 2 aliphatic rings. The Hall–Kier alpha value is -4.25. The van der Waals surface area contributed by atoms with Gasteiger partial charge in [-0.1, -0.05) is 60.3 Å². The molecule has 3 heterocycles. The van der Waals surface area contributed by atoms with Gasteiger partial charge in [-0.25, -0.2) is 0 Å². The van der Waals surface area contributed by atoms with Crippen LogP contribution in [0.1, 0.15) is 18.1 Å². The number of thiophene rings is 1. The van der Waals surface area contributed by atoms with Gasteiger partial charge in [-0.15, -0.1) is 0 Å². The fraction of sp³-hybridized carbons (Fsp3) is 0.194. The molecule has 0 saturated heterocycles. The van der Waals surface area contributed by atoms with Gasteiger partial charge in [0, 0.05) is 41.3 Å². The van der Waals surface area contributed by atoms with Crippen LogP contribution in [-0.2, 0) is 16.4 Å². The van der Waals surface area contributed by atoms with Crippen LogP contribution in [0.3, 0.4) is 0 Å². The van der Waals surface area contributed by atoms with Crippen molar-refractivity contribution in [3.8, 4) is 5.75 Å². The number of nitro groups is 1. The minimum atomic E-state index is -4.30. The third-order valence-corrected chi connectivity index (χ3v) is 11.6. The summed E-state index contributed by atoms with van der Waals surface area (Å²) < 4.78 is 20.5. The Kier molecular flexibility index (Phi) is 8.74. The van der Waals surface area contributed by atoms with Gasteiger partial charge in [-0.3, -0.25) is 14.7 Å². The lowest BCUT2D eigenvalue weighted by Gasteiger charge is -2.24. The molecule has 48 heavy (non-hydrogen) atoms. The molecule has 0 radical (unpaired) electrons. The van der Waals surface area contributed by atoms with Crippen LogP contribution in [0, 0.1) is 10.1 Å². The van der Waals surface area contributed by atoms with Gasteiger partial charge in [0.25, 0.3) is 5.69 Å². The standard InChI is InChI=1S/C36H32N3O6PS2/c1-36(23-25-15-20-47-24-25)30-21-27(39(40)41)12-14-31(30)37(16-18-45-28-8-3-2-4-9-28)33(36)22-34-38(17-19-46(42,43)44)32-13-11-26-7-5-6-10-29(26)35(32)48-34/h2-15,20-22,24H,16-19,23H2,1H3,(H-,42,43,44)/p+1.